The van der Waals surface area contributed by atoms with Crippen LogP contribution in [0.15, 0.2) is 0 Å². The number of Topliss-reactive ketones (excluding diaryl/α,β-unsaturated/α-hetero) is 1. The van der Waals surface area contributed by atoms with Gasteiger partial charge in [0.2, 0.25) is 0 Å². The monoisotopic (exact) mass is 343 g/mol. The molecule has 1 aliphatic carbocycles. The van der Waals surface area contributed by atoms with Gasteiger partial charge in [-0.05, 0) is 45.3 Å². The fourth-order valence-electron chi connectivity index (χ4n) is 2.24. The third kappa shape index (κ3) is 6.26. The van der Waals surface area contributed by atoms with Crippen LogP contribution in [0.1, 0.15) is 54.4 Å². The van der Waals surface area contributed by atoms with E-state index in [1.165, 1.54) is 0 Å². The van der Waals surface area contributed by atoms with Crippen LogP contribution in [-0.2, 0) is 14.0 Å². The Balaban J connectivity index is 2.50. The van der Waals surface area contributed by atoms with E-state index in [0.717, 1.165) is 0 Å². The van der Waals surface area contributed by atoms with Crippen molar-refractivity contribution >= 4 is 20.2 Å². The van der Waals surface area contributed by atoms with Crippen LogP contribution < -0.4 is 5.32 Å². The molecule has 1 amide bonds. The molecule has 0 saturated heterocycles. The Morgan fingerprint density at radius 2 is 1.78 bits per heavy atom. The van der Waals surface area contributed by atoms with Crippen molar-refractivity contribution in [2.75, 3.05) is 6.61 Å². The van der Waals surface area contributed by atoms with Gasteiger partial charge in [-0.3, -0.25) is 4.79 Å². The van der Waals surface area contributed by atoms with Gasteiger partial charge in [0.05, 0.1) is 0 Å². The van der Waals surface area contributed by atoms with E-state index in [0.29, 0.717) is 19.4 Å². The van der Waals surface area contributed by atoms with E-state index in [1.807, 2.05) is 20.8 Å². The van der Waals surface area contributed by atoms with E-state index in [-0.39, 0.29) is 22.8 Å². The molecule has 23 heavy (non-hydrogen) atoms. The smallest absolute Gasteiger partial charge is 0.407 e. The molecule has 0 aliphatic heterocycles. The second kappa shape index (κ2) is 6.93. The van der Waals surface area contributed by atoms with Gasteiger partial charge in [0.15, 0.2) is 8.32 Å². The third-order valence-electron chi connectivity index (χ3n) is 4.64. The number of hydrogen-bond acceptors (Lipinski definition) is 4. The minimum Gasteiger partial charge on any atom is -0.444 e. The molecule has 0 aromatic carbocycles. The van der Waals surface area contributed by atoms with Crippen LogP contribution in [0.4, 0.5) is 4.79 Å². The lowest BCUT2D eigenvalue weighted by molar-refractivity contribution is -0.121. The molecule has 1 unspecified atom stereocenters. The summed E-state index contributed by atoms with van der Waals surface area (Å²) in [7, 11) is -1.85. The molecule has 1 rings (SSSR count). The van der Waals surface area contributed by atoms with Crippen LogP contribution in [0.3, 0.4) is 0 Å². The maximum absolute atomic E-state index is 12.2. The molecule has 0 aromatic heterocycles. The molecule has 0 radical (unpaired) electrons. The number of alkyl carbamates (subject to hydrolysis) is 1. The van der Waals surface area contributed by atoms with E-state index < -0.39 is 20.0 Å². The van der Waals surface area contributed by atoms with Crippen molar-refractivity contribution in [3.63, 3.8) is 0 Å². The average molecular weight is 344 g/mol. The predicted octanol–water partition coefficient (Wildman–Crippen LogP) is 3.88. The highest BCUT2D eigenvalue weighted by Crippen LogP contribution is 2.37. The second-order valence-corrected chi connectivity index (χ2v) is 13.8. The number of amides is 1. The van der Waals surface area contributed by atoms with E-state index in [2.05, 4.69) is 39.2 Å². The number of hydrogen-bond donors (Lipinski definition) is 1. The summed E-state index contributed by atoms with van der Waals surface area (Å²) in [5, 5.41) is 2.92. The van der Waals surface area contributed by atoms with Crippen LogP contribution in [0.5, 0.6) is 0 Å². The lowest BCUT2D eigenvalue weighted by atomic mass is 10.1. The fourth-order valence-corrected chi connectivity index (χ4v) is 3.29. The Hall–Kier alpha value is -0.883. The van der Waals surface area contributed by atoms with Crippen molar-refractivity contribution in [3.8, 4) is 0 Å². The zero-order chi connectivity index (χ0) is 18.1. The summed E-state index contributed by atoms with van der Waals surface area (Å²) in [6.07, 6.45) is 0.540. The molecule has 5 nitrogen and oxygen atoms in total. The Kier molecular flexibility index (Phi) is 6.07. The van der Waals surface area contributed by atoms with Gasteiger partial charge in [0.25, 0.3) is 0 Å². The highest BCUT2D eigenvalue weighted by Gasteiger charge is 2.40. The summed E-state index contributed by atoms with van der Waals surface area (Å²) in [6, 6.07) is -0.148. The molecule has 1 aliphatic rings. The first-order valence-corrected chi connectivity index (χ1v) is 11.3. The first-order valence-electron chi connectivity index (χ1n) is 8.37. The molecule has 0 spiro atoms. The lowest BCUT2D eigenvalue weighted by Crippen LogP contribution is -2.42. The maximum atomic E-state index is 12.2. The molecular formula is C17H33NO4Si. The molecular weight excluding hydrogens is 310 g/mol. The molecule has 0 heterocycles. The molecule has 0 aromatic rings. The first-order chi connectivity index (χ1) is 10.2. The number of carbonyl (C=O) groups is 2. The average Bonchev–Trinajstić information content (AvgIpc) is 2.62. The van der Waals surface area contributed by atoms with Crippen molar-refractivity contribution in [2.45, 2.75) is 84.2 Å². The van der Waals surface area contributed by atoms with Gasteiger partial charge in [-0.2, -0.15) is 0 Å². The highest BCUT2D eigenvalue weighted by molar-refractivity contribution is 6.74. The molecule has 0 bridgehead atoms. The fraction of sp³-hybridized carbons (Fsp3) is 0.882. The summed E-state index contributed by atoms with van der Waals surface area (Å²) in [6.45, 7) is 16.8. The first kappa shape index (κ1) is 20.2. The third-order valence-corrected chi connectivity index (χ3v) is 9.15. The van der Waals surface area contributed by atoms with Gasteiger partial charge in [-0.1, -0.05) is 20.8 Å². The Bertz CT molecular complexity index is 448. The molecule has 134 valence electrons. The SMILES string of the molecule is CC(C)(C)OC(=O)N[C@H]1CC(=O)C(CO[Si](C)(C)C(C)(C)C)C1. The molecule has 1 saturated carbocycles. The zero-order valence-corrected chi connectivity index (χ0v) is 16.9. The van der Waals surface area contributed by atoms with E-state index in [1.54, 1.807) is 0 Å². The van der Waals surface area contributed by atoms with Crippen LogP contribution >= 0.6 is 0 Å². The van der Waals surface area contributed by atoms with Crippen LogP contribution in [0.2, 0.25) is 18.1 Å². The quantitative estimate of drug-likeness (QED) is 0.787. The second-order valence-electron chi connectivity index (χ2n) is 9.02. The number of rotatable bonds is 4. The van der Waals surface area contributed by atoms with Gasteiger partial charge in [-0.15, -0.1) is 0 Å². The van der Waals surface area contributed by atoms with Crippen molar-refractivity contribution in [1.82, 2.24) is 5.32 Å². The van der Waals surface area contributed by atoms with Gasteiger partial charge in [-0.25, -0.2) is 4.79 Å². The van der Waals surface area contributed by atoms with E-state index in [4.69, 9.17) is 9.16 Å². The number of nitrogens with one attached hydrogen (secondary N) is 1. The van der Waals surface area contributed by atoms with Crippen LogP contribution in [-0.4, -0.2) is 38.4 Å². The summed E-state index contributed by atoms with van der Waals surface area (Å²) in [5.74, 6) is 0.0498. The summed E-state index contributed by atoms with van der Waals surface area (Å²) in [4.78, 5) is 24.0. The van der Waals surface area contributed by atoms with Crippen molar-refractivity contribution in [2.24, 2.45) is 5.92 Å². The van der Waals surface area contributed by atoms with Crippen LogP contribution in [0.25, 0.3) is 0 Å². The standard InChI is InChI=1S/C17H33NO4Si/c1-16(2,3)22-15(20)18-13-9-12(14(19)10-13)11-21-23(7,8)17(4,5)6/h12-13H,9-11H2,1-8H3,(H,18,20)/t12?,13-/m1/s1. The van der Waals surface area contributed by atoms with E-state index in [9.17, 15) is 9.59 Å². The molecule has 6 heteroatoms. The number of ketones is 1. The normalized spacial score (nSPS) is 23.0. The van der Waals surface area contributed by atoms with Crippen LogP contribution in [0, 0.1) is 5.92 Å². The van der Waals surface area contributed by atoms with E-state index >= 15 is 0 Å². The Labute approximate surface area is 141 Å². The predicted molar refractivity (Wildman–Crippen MR) is 94.0 cm³/mol. The van der Waals surface area contributed by atoms with Crippen molar-refractivity contribution in [1.29, 1.82) is 0 Å². The highest BCUT2D eigenvalue weighted by atomic mass is 28.4. The topological polar surface area (TPSA) is 64.6 Å². The summed E-state index contributed by atoms with van der Waals surface area (Å²) < 4.78 is 11.4. The minimum atomic E-state index is -1.85. The Morgan fingerprint density at radius 3 is 2.26 bits per heavy atom. The molecule has 1 N–H and O–H groups in total. The Morgan fingerprint density at radius 1 is 1.22 bits per heavy atom. The largest absolute Gasteiger partial charge is 0.444 e. The molecule has 1 fully saturated rings. The van der Waals surface area contributed by atoms with Gasteiger partial charge in [0.1, 0.15) is 11.4 Å². The summed E-state index contributed by atoms with van der Waals surface area (Å²) in [5.41, 5.74) is -0.530. The number of carbonyl (C=O) groups excluding carboxylic acids is 2. The summed E-state index contributed by atoms with van der Waals surface area (Å²) >= 11 is 0. The van der Waals surface area contributed by atoms with Crippen molar-refractivity contribution in [3.05, 3.63) is 0 Å². The van der Waals surface area contributed by atoms with Gasteiger partial charge in [0, 0.05) is 25.0 Å². The van der Waals surface area contributed by atoms with Gasteiger partial charge >= 0.3 is 6.09 Å². The van der Waals surface area contributed by atoms with Gasteiger partial charge < -0.3 is 14.5 Å². The zero-order valence-electron chi connectivity index (χ0n) is 15.9. The number of ether oxygens (including phenoxy) is 1. The lowest BCUT2D eigenvalue weighted by Gasteiger charge is -2.36. The maximum Gasteiger partial charge on any atom is 0.407 e. The molecule has 2 atom stereocenters. The minimum absolute atomic E-state index is 0.121. The van der Waals surface area contributed by atoms with Crippen molar-refractivity contribution < 1.29 is 18.8 Å².